The van der Waals surface area contributed by atoms with Crippen molar-refractivity contribution < 1.29 is 4.79 Å². The van der Waals surface area contributed by atoms with Gasteiger partial charge in [-0.2, -0.15) is 0 Å². The van der Waals surface area contributed by atoms with Gasteiger partial charge in [-0.3, -0.25) is 4.79 Å². The topological polar surface area (TPSA) is 63.9 Å². The molecule has 0 fully saturated rings. The number of aromatic nitrogens is 4. The fourth-order valence-electron chi connectivity index (χ4n) is 9.76. The maximum Gasteiger partial charge on any atom is 0.259 e. The van der Waals surface area contributed by atoms with E-state index in [1.165, 1.54) is 20.2 Å². The van der Waals surface area contributed by atoms with Crippen molar-refractivity contribution in [3.05, 3.63) is 211 Å². The molecule has 4 heterocycles. The molecule has 0 radical (unpaired) electrons. The van der Waals surface area contributed by atoms with Gasteiger partial charge >= 0.3 is 0 Å². The van der Waals surface area contributed by atoms with E-state index in [0.29, 0.717) is 29.6 Å². The van der Waals surface area contributed by atoms with E-state index in [1.54, 1.807) is 11.3 Å². The fourth-order valence-corrected chi connectivity index (χ4v) is 10.9. The van der Waals surface area contributed by atoms with Crippen molar-refractivity contribution in [2.75, 3.05) is 4.90 Å². The van der Waals surface area contributed by atoms with Gasteiger partial charge in [0.15, 0.2) is 17.5 Å². The molecule has 1 aliphatic heterocycles. The van der Waals surface area contributed by atoms with Gasteiger partial charge in [0.1, 0.15) is 0 Å². The number of para-hydroxylation sites is 2. The van der Waals surface area contributed by atoms with Gasteiger partial charge in [-0.15, -0.1) is 11.3 Å². The summed E-state index contributed by atoms with van der Waals surface area (Å²) >= 11 is 1.81. The third-order valence-electron chi connectivity index (χ3n) is 12.7. The molecule has 0 saturated carbocycles. The first-order valence-electron chi connectivity index (χ1n) is 21.4. The molecule has 0 atom stereocenters. The molecule has 1 amide bonds. The smallest absolute Gasteiger partial charge is 0.259 e. The highest BCUT2D eigenvalue weighted by Gasteiger charge is 2.32. The number of thiophene rings is 1. The van der Waals surface area contributed by atoms with Crippen LogP contribution in [0.15, 0.2) is 200 Å². The summed E-state index contributed by atoms with van der Waals surface area (Å²) in [4.78, 5) is 32.7. The van der Waals surface area contributed by atoms with Crippen LogP contribution in [0, 0.1) is 0 Å². The van der Waals surface area contributed by atoms with Gasteiger partial charge in [0.05, 0.1) is 28.8 Å². The minimum atomic E-state index is -0.0161. The van der Waals surface area contributed by atoms with E-state index in [4.69, 9.17) is 15.0 Å². The summed E-state index contributed by atoms with van der Waals surface area (Å²) in [5.74, 6) is 1.81. The van der Waals surface area contributed by atoms with Crippen LogP contribution >= 0.6 is 11.3 Å². The summed E-state index contributed by atoms with van der Waals surface area (Å²) in [5, 5.41) is 6.48. The Morgan fingerprint density at radius 2 is 1.03 bits per heavy atom. The van der Waals surface area contributed by atoms with E-state index in [9.17, 15) is 0 Å². The summed E-state index contributed by atoms with van der Waals surface area (Å²) in [5.41, 5.74) is 10.5. The third kappa shape index (κ3) is 5.64. The zero-order chi connectivity index (χ0) is 42.3. The van der Waals surface area contributed by atoms with Crippen LogP contribution in [-0.2, 0) is 6.54 Å². The first-order chi connectivity index (χ1) is 31.7. The summed E-state index contributed by atoms with van der Waals surface area (Å²) < 4.78 is 4.80. The maximum atomic E-state index is 15.5. The van der Waals surface area contributed by atoms with Crippen LogP contribution in [0.2, 0.25) is 0 Å². The van der Waals surface area contributed by atoms with Gasteiger partial charge in [0.2, 0.25) is 0 Å². The Hall–Kier alpha value is -8.26. The number of anilines is 1. The quantitative estimate of drug-likeness (QED) is 0.173. The van der Waals surface area contributed by atoms with Crippen molar-refractivity contribution in [3.8, 4) is 51.0 Å². The van der Waals surface area contributed by atoms with Crippen molar-refractivity contribution in [3.63, 3.8) is 0 Å². The van der Waals surface area contributed by atoms with Crippen molar-refractivity contribution in [2.45, 2.75) is 6.54 Å². The molecule has 12 aromatic rings. The number of rotatable bonds is 5. The van der Waals surface area contributed by atoms with Crippen LogP contribution in [0.1, 0.15) is 15.9 Å². The molecule has 13 rings (SSSR count). The molecule has 0 spiro atoms. The van der Waals surface area contributed by atoms with Crippen molar-refractivity contribution in [1.29, 1.82) is 0 Å². The summed E-state index contributed by atoms with van der Waals surface area (Å²) in [7, 11) is 0. The third-order valence-corrected chi connectivity index (χ3v) is 13.8. The minimum Gasteiger partial charge on any atom is -0.309 e. The predicted molar refractivity (Wildman–Crippen MR) is 263 cm³/mol. The summed E-state index contributed by atoms with van der Waals surface area (Å²) in [6.07, 6.45) is 0. The lowest BCUT2D eigenvalue weighted by Gasteiger charge is -2.22. The maximum absolute atomic E-state index is 15.5. The van der Waals surface area contributed by atoms with Crippen LogP contribution in [-0.4, -0.2) is 25.4 Å². The van der Waals surface area contributed by atoms with E-state index in [-0.39, 0.29) is 5.91 Å². The summed E-state index contributed by atoms with van der Waals surface area (Å²) in [6.45, 7) is 0.453. The Kier molecular flexibility index (Phi) is 8.20. The Bertz CT molecular complexity index is 3780. The fraction of sp³-hybridized carbons (Fsp3) is 0.0175. The average molecular weight is 838 g/mol. The van der Waals surface area contributed by atoms with Crippen LogP contribution in [0.3, 0.4) is 0 Å². The normalized spacial score (nSPS) is 12.6. The Labute approximate surface area is 372 Å². The highest BCUT2D eigenvalue weighted by atomic mass is 32.1. The highest BCUT2D eigenvalue weighted by molar-refractivity contribution is 7.25. The van der Waals surface area contributed by atoms with E-state index < -0.39 is 0 Å². The standard InChI is InChI=1S/C57H35N5OS/c63-57-53-42(45-33-51-46(41-24-13-15-27-50(41)64-51)32-37(45)34-61(57)38-20-8-3-9-21-38)28-31-49-52(53)44-25-12-14-26-47(44)62(49)48-30-29-43(39-22-10-11-23-40(39)48)56-59-54(35-16-4-1-5-17-35)58-55(60-56)36-18-6-2-7-19-36/h1-33H,34H2. The molecule has 0 saturated heterocycles. The Morgan fingerprint density at radius 1 is 0.438 bits per heavy atom. The molecule has 0 unspecified atom stereocenters. The largest absolute Gasteiger partial charge is 0.309 e. The highest BCUT2D eigenvalue weighted by Crippen LogP contribution is 2.46. The second kappa shape index (κ2) is 14.4. The number of nitrogens with zero attached hydrogens (tertiary/aromatic N) is 5. The number of hydrogen-bond donors (Lipinski definition) is 0. The Balaban J connectivity index is 1.06. The number of hydrogen-bond acceptors (Lipinski definition) is 5. The number of amides is 1. The molecule has 1 aliphatic rings. The number of benzene rings is 9. The SMILES string of the molecule is O=C1c2c(ccc3c2c2ccccc2n3-c2ccc(-c3nc(-c4ccccc4)nc(-c4ccccc4)n3)c3ccccc23)-c2cc3sc4ccccc4c3cc2CN1c1ccccc1. The molecule has 9 aromatic carbocycles. The van der Waals surface area contributed by atoms with Crippen LogP contribution in [0.25, 0.3) is 104 Å². The van der Waals surface area contributed by atoms with Crippen LogP contribution in [0.5, 0.6) is 0 Å². The molecule has 300 valence electrons. The monoisotopic (exact) mass is 837 g/mol. The molecular formula is C57H35N5OS. The van der Waals surface area contributed by atoms with Crippen molar-refractivity contribution >= 4 is 75.7 Å². The molecule has 3 aromatic heterocycles. The van der Waals surface area contributed by atoms with E-state index in [1.807, 2.05) is 95.9 Å². The molecule has 7 heteroatoms. The van der Waals surface area contributed by atoms with Gasteiger partial charge in [0.25, 0.3) is 5.91 Å². The lowest BCUT2D eigenvalue weighted by molar-refractivity contribution is 0.0988. The average Bonchev–Trinajstić information content (AvgIpc) is 3.86. The number of fused-ring (bicyclic) bond motifs is 11. The Morgan fingerprint density at radius 3 is 1.77 bits per heavy atom. The van der Waals surface area contributed by atoms with Crippen LogP contribution in [0.4, 0.5) is 5.69 Å². The molecule has 0 bridgehead atoms. The molecular weight excluding hydrogens is 803 g/mol. The van der Waals surface area contributed by atoms with Gasteiger partial charge in [-0.05, 0) is 76.7 Å². The number of carbonyl (C=O) groups excluding carboxylic acids is 1. The second-order valence-electron chi connectivity index (χ2n) is 16.3. The first kappa shape index (κ1) is 36.4. The summed E-state index contributed by atoms with van der Waals surface area (Å²) in [6, 6.07) is 69.2. The minimum absolute atomic E-state index is 0.0161. The van der Waals surface area contributed by atoms with Crippen molar-refractivity contribution in [1.82, 2.24) is 19.5 Å². The second-order valence-corrected chi connectivity index (χ2v) is 17.4. The first-order valence-corrected chi connectivity index (χ1v) is 22.2. The van der Waals surface area contributed by atoms with Crippen LogP contribution < -0.4 is 4.90 Å². The predicted octanol–water partition coefficient (Wildman–Crippen LogP) is 14.3. The molecule has 0 aliphatic carbocycles. The molecule has 64 heavy (non-hydrogen) atoms. The van der Waals surface area contributed by atoms with Gasteiger partial charge in [-0.25, -0.2) is 15.0 Å². The molecule has 6 nitrogen and oxygen atoms in total. The zero-order valence-corrected chi connectivity index (χ0v) is 35.1. The lowest BCUT2D eigenvalue weighted by atomic mass is 9.92. The van der Waals surface area contributed by atoms with Gasteiger partial charge in [-0.1, -0.05) is 146 Å². The van der Waals surface area contributed by atoms with E-state index in [0.717, 1.165) is 77.3 Å². The zero-order valence-electron chi connectivity index (χ0n) is 34.3. The van der Waals surface area contributed by atoms with Crippen molar-refractivity contribution in [2.24, 2.45) is 0 Å². The van der Waals surface area contributed by atoms with E-state index in [2.05, 4.69) is 114 Å². The van der Waals surface area contributed by atoms with E-state index >= 15 is 4.79 Å². The number of carbonyl (C=O) groups is 1. The molecule has 0 N–H and O–H groups in total. The van der Waals surface area contributed by atoms with Gasteiger partial charge < -0.3 is 9.47 Å². The van der Waals surface area contributed by atoms with Gasteiger partial charge in [0, 0.05) is 58.7 Å². The lowest BCUT2D eigenvalue weighted by Crippen LogP contribution is -2.29.